The van der Waals surface area contributed by atoms with Gasteiger partial charge in [0.15, 0.2) is 11.6 Å². The van der Waals surface area contributed by atoms with E-state index < -0.39 is 65.7 Å². The van der Waals surface area contributed by atoms with Gasteiger partial charge in [-0.3, -0.25) is 28.8 Å². The van der Waals surface area contributed by atoms with Gasteiger partial charge in [-0.25, -0.2) is 4.79 Å². The van der Waals surface area contributed by atoms with Crippen LogP contribution in [0.2, 0.25) is 0 Å². The van der Waals surface area contributed by atoms with E-state index in [9.17, 15) is 33.6 Å². The van der Waals surface area contributed by atoms with E-state index >= 15 is 0 Å². The lowest BCUT2D eigenvalue weighted by Gasteiger charge is -2.41. The summed E-state index contributed by atoms with van der Waals surface area (Å²) >= 11 is 0. The minimum absolute atomic E-state index is 0.0409. The molecule has 378 valence electrons. The molecule has 0 bridgehead atoms. The summed E-state index contributed by atoms with van der Waals surface area (Å²) < 4.78 is 17.7. The molecule has 14 nitrogen and oxygen atoms in total. The summed E-state index contributed by atoms with van der Waals surface area (Å²) in [6.07, 6.45) is 0.0710. The van der Waals surface area contributed by atoms with E-state index in [1.807, 2.05) is 77.9 Å². The Bertz CT molecular complexity index is 1970. The average Bonchev–Trinajstić information content (AvgIpc) is 3.78. The minimum Gasteiger partial charge on any atom is -0.444 e. The molecule has 2 aromatic carbocycles. The number of amides is 4. The number of carbonyl (C=O) groups is 7. The summed E-state index contributed by atoms with van der Waals surface area (Å²) in [4.78, 5) is 102. The van der Waals surface area contributed by atoms with Crippen LogP contribution in [-0.2, 0) is 44.6 Å². The lowest BCUT2D eigenvalue weighted by atomic mass is 9.83. The summed E-state index contributed by atoms with van der Waals surface area (Å²) in [5, 5.41) is 2.77. The van der Waals surface area contributed by atoms with Gasteiger partial charge in [-0.15, -0.1) is 0 Å². The predicted octanol–water partition coefficient (Wildman–Crippen LogP) is 7.85. The van der Waals surface area contributed by atoms with Crippen molar-refractivity contribution < 1.29 is 47.8 Å². The van der Waals surface area contributed by atoms with Crippen molar-refractivity contribution in [3.63, 3.8) is 0 Å². The zero-order chi connectivity index (χ0) is 51.0. The summed E-state index contributed by atoms with van der Waals surface area (Å²) in [7, 11) is 6.33. The highest BCUT2D eigenvalue weighted by Crippen LogP contribution is 2.32. The van der Waals surface area contributed by atoms with Crippen molar-refractivity contribution in [1.82, 2.24) is 20.0 Å². The number of ether oxygens (including phenoxy) is 3. The molecule has 3 rings (SSSR count). The van der Waals surface area contributed by atoms with Crippen molar-refractivity contribution in [2.45, 2.75) is 150 Å². The molecule has 0 unspecified atom stereocenters. The van der Waals surface area contributed by atoms with Crippen LogP contribution in [0, 0.1) is 35.5 Å². The Balaban J connectivity index is 1.81. The first-order chi connectivity index (χ1) is 32.0. The summed E-state index contributed by atoms with van der Waals surface area (Å²) in [5.74, 6) is -4.20. The van der Waals surface area contributed by atoms with Crippen LogP contribution in [0.4, 0.5) is 4.79 Å². The van der Waals surface area contributed by atoms with Gasteiger partial charge in [0.05, 0.1) is 43.3 Å². The molecular formula is C54H82N4O10. The molecule has 0 aromatic heterocycles. The van der Waals surface area contributed by atoms with Crippen LogP contribution in [0.3, 0.4) is 0 Å². The first-order valence-corrected chi connectivity index (χ1v) is 24.5. The van der Waals surface area contributed by atoms with Gasteiger partial charge >= 0.3 is 6.09 Å². The molecule has 4 amide bonds. The Kier molecular flexibility index (Phi) is 22.5. The Morgan fingerprint density at radius 3 is 1.91 bits per heavy atom. The van der Waals surface area contributed by atoms with Crippen molar-refractivity contribution in [2.24, 2.45) is 35.5 Å². The van der Waals surface area contributed by atoms with Crippen molar-refractivity contribution in [3.8, 4) is 0 Å². The van der Waals surface area contributed by atoms with Gasteiger partial charge in [-0.1, -0.05) is 116 Å². The number of hydrogen-bond donors (Lipinski definition) is 1. The van der Waals surface area contributed by atoms with E-state index in [2.05, 4.69) is 5.32 Å². The fraction of sp³-hybridized carbons (Fsp3) is 0.648. The number of nitrogens with zero attached hydrogens (tertiary/aromatic N) is 3. The second kappa shape index (κ2) is 26.7. The van der Waals surface area contributed by atoms with E-state index in [-0.39, 0.29) is 72.7 Å². The molecule has 1 saturated heterocycles. The first-order valence-electron chi connectivity index (χ1n) is 24.5. The van der Waals surface area contributed by atoms with Gasteiger partial charge < -0.3 is 34.2 Å². The van der Waals surface area contributed by atoms with Crippen molar-refractivity contribution in [1.29, 1.82) is 0 Å². The van der Waals surface area contributed by atoms with Gasteiger partial charge in [0.1, 0.15) is 11.4 Å². The molecule has 0 saturated carbocycles. The third kappa shape index (κ3) is 16.1. The standard InChI is InChI=1S/C54H82N4O10/c1-15-36(6)49(56(11)52(64)41(34(2)3)31-44(60)48(35(4)5)57(12)53(65)68-54(8,9)10)46(66-13)32-47(62)58-28-22-27-42(58)50(67-14)37(7)43(59)30-40(29-38-23-18-16-19-24-38)51(63)55-33-45(61)39-25-20-17-21-26-39/h16-21,23-26,34-37,40-42,46,48-50H,15,22,27-33H2,1-14H3,(H,55,63)/t36-,37-,40+,41-,42-,46+,48-,49-,50+/m0/s1. The summed E-state index contributed by atoms with van der Waals surface area (Å²) in [6, 6.07) is 16.4. The van der Waals surface area contributed by atoms with Crippen LogP contribution in [-0.4, -0.2) is 133 Å². The van der Waals surface area contributed by atoms with E-state index in [4.69, 9.17) is 14.2 Å². The number of rotatable bonds is 26. The lowest BCUT2D eigenvalue weighted by molar-refractivity contribution is -0.149. The lowest BCUT2D eigenvalue weighted by Crippen LogP contribution is -2.54. The van der Waals surface area contributed by atoms with Gasteiger partial charge in [-0.2, -0.15) is 0 Å². The summed E-state index contributed by atoms with van der Waals surface area (Å²) in [6.45, 7) is 18.9. The number of likely N-dealkylation sites (tertiary alicyclic amines) is 1. The van der Waals surface area contributed by atoms with Crippen LogP contribution in [0.5, 0.6) is 0 Å². The maximum Gasteiger partial charge on any atom is 0.410 e. The largest absolute Gasteiger partial charge is 0.444 e. The molecule has 68 heavy (non-hydrogen) atoms. The highest BCUT2D eigenvalue weighted by molar-refractivity contribution is 6.00. The van der Waals surface area contributed by atoms with Crippen LogP contribution < -0.4 is 5.32 Å². The zero-order valence-electron chi connectivity index (χ0n) is 43.4. The fourth-order valence-electron chi connectivity index (χ4n) is 9.65. The van der Waals surface area contributed by atoms with Crippen molar-refractivity contribution in [3.05, 3.63) is 71.8 Å². The predicted molar refractivity (Wildman–Crippen MR) is 264 cm³/mol. The molecule has 14 heteroatoms. The first kappa shape index (κ1) is 57.4. The van der Waals surface area contributed by atoms with Crippen LogP contribution in [0.15, 0.2) is 60.7 Å². The van der Waals surface area contributed by atoms with Crippen LogP contribution in [0.1, 0.15) is 124 Å². The highest BCUT2D eigenvalue weighted by atomic mass is 16.6. The van der Waals surface area contributed by atoms with E-state index in [1.54, 1.807) is 75.9 Å². The smallest absolute Gasteiger partial charge is 0.410 e. The molecule has 9 atom stereocenters. The Morgan fingerprint density at radius 1 is 0.779 bits per heavy atom. The van der Waals surface area contributed by atoms with Crippen molar-refractivity contribution in [2.75, 3.05) is 41.4 Å². The zero-order valence-corrected chi connectivity index (χ0v) is 43.4. The third-order valence-corrected chi connectivity index (χ3v) is 13.6. The van der Waals surface area contributed by atoms with E-state index in [0.29, 0.717) is 37.8 Å². The number of ketones is 3. The molecule has 0 radical (unpaired) electrons. The van der Waals surface area contributed by atoms with Crippen LogP contribution in [0.25, 0.3) is 0 Å². The molecule has 2 aromatic rings. The number of hydrogen-bond acceptors (Lipinski definition) is 10. The normalized spacial score (nSPS) is 17.6. The SMILES string of the molecule is CC[C@H](C)[C@@H]([C@@H](CC(=O)N1CCC[C@H]1[C@H](OC)[C@@H](C)C(=O)C[C@@H](Cc1ccccc1)C(=O)NCC(=O)c1ccccc1)OC)N(C)C(=O)[C@@H](CC(=O)[C@H](C(C)C)N(C)C(=O)OC(C)(C)C)C(C)C. The van der Waals surface area contributed by atoms with Crippen molar-refractivity contribution >= 4 is 41.2 Å². The molecule has 1 aliphatic heterocycles. The highest BCUT2D eigenvalue weighted by Gasteiger charge is 2.44. The number of Topliss-reactive ketones (excluding diaryl/α,β-unsaturated/α-hetero) is 3. The monoisotopic (exact) mass is 947 g/mol. The molecular weight excluding hydrogens is 865 g/mol. The fourth-order valence-corrected chi connectivity index (χ4v) is 9.65. The molecule has 1 heterocycles. The Labute approximate surface area is 406 Å². The molecule has 1 aliphatic rings. The third-order valence-electron chi connectivity index (χ3n) is 13.6. The number of methoxy groups -OCH3 is 2. The van der Waals surface area contributed by atoms with Gasteiger partial charge in [0.25, 0.3) is 0 Å². The topological polar surface area (TPSA) is 169 Å². The second-order valence-corrected chi connectivity index (χ2v) is 20.5. The van der Waals surface area contributed by atoms with E-state index in [0.717, 1.165) is 5.56 Å². The van der Waals surface area contributed by atoms with Gasteiger partial charge in [0, 0.05) is 71.0 Å². The quantitative estimate of drug-likeness (QED) is 0.0918. The average molecular weight is 947 g/mol. The number of benzene rings is 2. The molecule has 0 spiro atoms. The maximum absolute atomic E-state index is 14.6. The van der Waals surface area contributed by atoms with Gasteiger partial charge in [-0.05, 0) is 63.4 Å². The molecule has 1 N–H and O–H groups in total. The van der Waals surface area contributed by atoms with E-state index in [1.165, 1.54) is 19.1 Å². The molecule has 0 aliphatic carbocycles. The summed E-state index contributed by atoms with van der Waals surface area (Å²) in [5.41, 5.74) is 0.610. The molecule has 1 fully saturated rings. The maximum atomic E-state index is 14.6. The van der Waals surface area contributed by atoms with Gasteiger partial charge in [0.2, 0.25) is 17.7 Å². The minimum atomic E-state index is -0.807. The second-order valence-electron chi connectivity index (χ2n) is 20.5. The Hall–Kier alpha value is -4.95. The number of nitrogens with one attached hydrogen (secondary N) is 1. The number of likely N-dealkylation sites (N-methyl/N-ethyl adjacent to an activating group) is 2. The number of carbonyl (C=O) groups excluding carboxylic acids is 7. The Morgan fingerprint density at radius 2 is 1.38 bits per heavy atom. The van der Waals surface area contributed by atoms with Crippen LogP contribution >= 0.6 is 0 Å².